The summed E-state index contributed by atoms with van der Waals surface area (Å²) in [6, 6.07) is 9.64. The molecule has 0 unspecified atom stereocenters. The molecule has 1 N–H and O–H groups in total. The Kier molecular flexibility index (Phi) is 7.40. The molecule has 3 aromatic rings. The molecule has 0 spiro atoms. The molecule has 1 heterocycles. The second-order valence-corrected chi connectivity index (χ2v) is 7.17. The second-order valence-electron chi connectivity index (χ2n) is 6.32. The fourth-order valence-corrected chi connectivity index (χ4v) is 3.41. The molecule has 0 atom stereocenters. The highest BCUT2D eigenvalue weighted by atomic mass is 79.9. The molecule has 1 aromatic heterocycles. The van der Waals surface area contributed by atoms with Gasteiger partial charge in [0, 0.05) is 18.4 Å². The number of hydrogen-bond donors (Lipinski definition) is 1. The molecular formula is C21H21BrFN3O4. The van der Waals surface area contributed by atoms with E-state index in [1.807, 2.05) is 13.0 Å². The fraction of sp³-hybridized carbons (Fsp3) is 0.286. The lowest BCUT2D eigenvalue weighted by Crippen LogP contribution is -2.12. The molecule has 1 amide bonds. The Balaban J connectivity index is 1.60. The van der Waals surface area contributed by atoms with Crippen molar-refractivity contribution in [2.75, 3.05) is 19.0 Å². The molecule has 0 aliphatic rings. The van der Waals surface area contributed by atoms with E-state index in [0.717, 1.165) is 0 Å². The van der Waals surface area contributed by atoms with E-state index in [4.69, 9.17) is 14.0 Å². The van der Waals surface area contributed by atoms with Crippen molar-refractivity contribution in [3.8, 4) is 22.9 Å². The predicted octanol–water partition coefficient (Wildman–Crippen LogP) is 5.01. The summed E-state index contributed by atoms with van der Waals surface area (Å²) in [5, 5.41) is 6.56. The average Bonchev–Trinajstić information content (AvgIpc) is 3.19. The van der Waals surface area contributed by atoms with Crippen LogP contribution in [-0.2, 0) is 11.2 Å². The number of anilines is 1. The zero-order valence-electron chi connectivity index (χ0n) is 16.6. The second kappa shape index (κ2) is 10.2. The molecule has 7 nitrogen and oxygen atoms in total. The molecule has 0 bridgehead atoms. The van der Waals surface area contributed by atoms with Gasteiger partial charge in [0.2, 0.25) is 17.6 Å². The van der Waals surface area contributed by atoms with Crippen molar-refractivity contribution in [3.05, 3.63) is 52.6 Å². The molecule has 9 heteroatoms. The molecule has 0 radical (unpaired) electrons. The summed E-state index contributed by atoms with van der Waals surface area (Å²) in [5.41, 5.74) is 0.871. The van der Waals surface area contributed by atoms with Gasteiger partial charge in [-0.15, -0.1) is 0 Å². The van der Waals surface area contributed by atoms with E-state index in [2.05, 4.69) is 31.4 Å². The Bertz CT molecular complexity index is 1030. The highest BCUT2D eigenvalue weighted by Gasteiger charge is 2.16. The Hall–Kier alpha value is -2.94. The fourth-order valence-electron chi connectivity index (χ4n) is 2.81. The van der Waals surface area contributed by atoms with E-state index in [1.165, 1.54) is 12.1 Å². The molecular weight excluding hydrogens is 457 g/mol. The van der Waals surface area contributed by atoms with Gasteiger partial charge in [-0.2, -0.15) is 4.98 Å². The molecule has 2 aromatic carbocycles. The van der Waals surface area contributed by atoms with Crippen LogP contribution < -0.4 is 14.8 Å². The van der Waals surface area contributed by atoms with Crippen molar-refractivity contribution in [3.63, 3.8) is 0 Å². The van der Waals surface area contributed by atoms with Crippen molar-refractivity contribution in [1.82, 2.24) is 10.1 Å². The van der Waals surface area contributed by atoms with Crippen LogP contribution in [0.5, 0.6) is 11.5 Å². The third-order valence-corrected chi connectivity index (χ3v) is 4.77. The van der Waals surface area contributed by atoms with Crippen molar-refractivity contribution in [2.24, 2.45) is 0 Å². The minimum absolute atomic E-state index is 0.165. The molecule has 0 aliphatic heterocycles. The Morgan fingerprint density at radius 3 is 2.83 bits per heavy atom. The minimum Gasteiger partial charge on any atom is -0.492 e. The van der Waals surface area contributed by atoms with E-state index in [9.17, 15) is 9.18 Å². The van der Waals surface area contributed by atoms with Crippen LogP contribution >= 0.6 is 15.9 Å². The first-order valence-electron chi connectivity index (χ1n) is 9.39. The lowest BCUT2D eigenvalue weighted by Gasteiger charge is -2.12. The van der Waals surface area contributed by atoms with Crippen LogP contribution in [0.2, 0.25) is 0 Å². The van der Waals surface area contributed by atoms with E-state index in [1.54, 1.807) is 25.3 Å². The van der Waals surface area contributed by atoms with Crippen molar-refractivity contribution in [2.45, 2.75) is 26.2 Å². The van der Waals surface area contributed by atoms with Crippen LogP contribution in [0.3, 0.4) is 0 Å². The number of halogens is 2. The average molecular weight is 478 g/mol. The molecule has 158 valence electrons. The van der Waals surface area contributed by atoms with Gasteiger partial charge in [-0.05, 0) is 53.5 Å². The number of benzene rings is 2. The number of para-hydroxylation sites is 1. The maximum Gasteiger partial charge on any atom is 0.226 e. The van der Waals surface area contributed by atoms with Crippen LogP contribution in [0.25, 0.3) is 11.4 Å². The Morgan fingerprint density at radius 2 is 2.10 bits per heavy atom. The molecule has 30 heavy (non-hydrogen) atoms. The summed E-state index contributed by atoms with van der Waals surface area (Å²) in [6.45, 7) is 2.37. The first kappa shape index (κ1) is 21.8. The summed E-state index contributed by atoms with van der Waals surface area (Å²) in [7, 11) is 1.57. The highest BCUT2D eigenvalue weighted by molar-refractivity contribution is 9.10. The topological polar surface area (TPSA) is 86.5 Å². The Labute approximate surface area is 181 Å². The summed E-state index contributed by atoms with van der Waals surface area (Å²) in [6.07, 6.45) is 1.11. The third-order valence-electron chi connectivity index (χ3n) is 4.18. The summed E-state index contributed by atoms with van der Waals surface area (Å²) in [4.78, 5) is 16.4. The van der Waals surface area contributed by atoms with Gasteiger partial charge in [0.1, 0.15) is 5.82 Å². The summed E-state index contributed by atoms with van der Waals surface area (Å²) in [5.74, 6) is 1.23. The van der Waals surface area contributed by atoms with E-state index < -0.39 is 5.82 Å². The zero-order valence-corrected chi connectivity index (χ0v) is 18.2. The summed E-state index contributed by atoms with van der Waals surface area (Å²) >= 11 is 3.46. The number of aryl methyl sites for hydroxylation is 1. The third kappa shape index (κ3) is 5.35. The maximum atomic E-state index is 13.6. The van der Waals surface area contributed by atoms with Gasteiger partial charge in [0.05, 0.1) is 23.9 Å². The number of ether oxygens (including phenoxy) is 2. The molecule has 3 rings (SSSR count). The number of methoxy groups -OCH3 is 1. The van der Waals surface area contributed by atoms with E-state index in [-0.39, 0.29) is 18.0 Å². The first-order valence-corrected chi connectivity index (χ1v) is 10.2. The highest BCUT2D eigenvalue weighted by Crippen LogP contribution is 2.39. The standard InChI is InChI=1S/C21H21BrFN3O4/c1-3-29-17-12-13(11-14(22)20(17)28-2)21-25-19(30-26-21)10-6-9-18(27)24-16-8-5-4-7-15(16)23/h4-5,7-8,11-12H,3,6,9-10H2,1-2H3,(H,24,27). The van der Waals surface area contributed by atoms with Gasteiger partial charge in [0.15, 0.2) is 11.5 Å². The smallest absolute Gasteiger partial charge is 0.226 e. The lowest BCUT2D eigenvalue weighted by atomic mass is 10.2. The predicted molar refractivity (Wildman–Crippen MR) is 113 cm³/mol. The monoisotopic (exact) mass is 477 g/mol. The van der Waals surface area contributed by atoms with Crippen molar-refractivity contribution >= 4 is 27.5 Å². The zero-order chi connectivity index (χ0) is 21.5. The number of rotatable bonds is 9. The first-order chi connectivity index (χ1) is 14.5. The van der Waals surface area contributed by atoms with Crippen LogP contribution in [0, 0.1) is 5.82 Å². The van der Waals surface area contributed by atoms with Gasteiger partial charge in [0.25, 0.3) is 0 Å². The van der Waals surface area contributed by atoms with Crippen molar-refractivity contribution < 1.29 is 23.2 Å². The normalized spacial score (nSPS) is 10.7. The van der Waals surface area contributed by atoms with Gasteiger partial charge in [-0.3, -0.25) is 4.79 Å². The lowest BCUT2D eigenvalue weighted by molar-refractivity contribution is -0.116. The van der Waals surface area contributed by atoms with Gasteiger partial charge in [-0.25, -0.2) is 4.39 Å². The van der Waals surface area contributed by atoms with Crippen LogP contribution in [0.1, 0.15) is 25.7 Å². The minimum atomic E-state index is -0.468. The number of aromatic nitrogens is 2. The van der Waals surface area contributed by atoms with Crippen LogP contribution in [0.4, 0.5) is 10.1 Å². The van der Waals surface area contributed by atoms with Crippen molar-refractivity contribution in [1.29, 1.82) is 0 Å². The Morgan fingerprint density at radius 1 is 1.30 bits per heavy atom. The number of carbonyl (C=O) groups excluding carboxylic acids is 1. The molecule has 0 saturated carbocycles. The van der Waals surface area contributed by atoms with Gasteiger partial charge in [-0.1, -0.05) is 17.3 Å². The number of hydrogen-bond acceptors (Lipinski definition) is 6. The van der Waals surface area contributed by atoms with Crippen LogP contribution in [-0.4, -0.2) is 29.8 Å². The number of amides is 1. The molecule has 0 fully saturated rings. The van der Waals surface area contributed by atoms with Gasteiger partial charge >= 0.3 is 0 Å². The maximum absolute atomic E-state index is 13.6. The SMILES string of the molecule is CCOc1cc(-c2noc(CCCC(=O)Nc3ccccc3F)n2)cc(Br)c1OC. The summed E-state index contributed by atoms with van der Waals surface area (Å²) < 4.78 is 30.6. The number of nitrogens with zero attached hydrogens (tertiary/aromatic N) is 2. The van der Waals surface area contributed by atoms with Crippen LogP contribution in [0.15, 0.2) is 45.4 Å². The number of carbonyl (C=O) groups is 1. The van der Waals surface area contributed by atoms with E-state index in [0.29, 0.717) is 52.7 Å². The quantitative estimate of drug-likeness (QED) is 0.466. The van der Waals surface area contributed by atoms with E-state index >= 15 is 0 Å². The molecule has 0 saturated heterocycles. The molecule has 0 aliphatic carbocycles. The van der Waals surface area contributed by atoms with Gasteiger partial charge < -0.3 is 19.3 Å². The number of nitrogens with one attached hydrogen (secondary N) is 1. The largest absolute Gasteiger partial charge is 0.492 e.